The lowest BCUT2D eigenvalue weighted by Crippen LogP contribution is -2.37. The number of rotatable bonds is 3. The molecule has 0 spiro atoms. The third kappa shape index (κ3) is 3.07. The molecule has 0 saturated carbocycles. The van der Waals surface area contributed by atoms with Gasteiger partial charge in [-0.3, -0.25) is 4.79 Å². The van der Waals surface area contributed by atoms with Crippen LogP contribution < -0.4 is 5.73 Å². The molecular weight excluding hydrogens is 264 g/mol. The summed E-state index contributed by atoms with van der Waals surface area (Å²) in [4.78, 5) is 18.7. The number of nitrogens with two attached hydrogens (primary N) is 1. The van der Waals surface area contributed by atoms with Crippen LogP contribution in [0.25, 0.3) is 11.4 Å². The molecule has 1 aromatic carbocycles. The molecule has 1 fully saturated rings. The van der Waals surface area contributed by atoms with Crippen molar-refractivity contribution in [2.45, 2.75) is 25.8 Å². The van der Waals surface area contributed by atoms with E-state index in [0.717, 1.165) is 37.3 Å². The molecule has 5 heteroatoms. The molecule has 0 atom stereocenters. The van der Waals surface area contributed by atoms with Gasteiger partial charge in [-0.05, 0) is 31.4 Å². The van der Waals surface area contributed by atoms with Crippen LogP contribution in [0.2, 0.25) is 0 Å². The van der Waals surface area contributed by atoms with E-state index in [0.29, 0.717) is 12.2 Å². The fraction of sp³-hybridized carbons (Fsp3) is 0.375. The van der Waals surface area contributed by atoms with Crippen molar-refractivity contribution < 1.29 is 4.79 Å². The Balaban J connectivity index is 1.78. The molecule has 0 unspecified atom stereocenters. The van der Waals surface area contributed by atoms with Crippen molar-refractivity contribution in [2.75, 3.05) is 18.8 Å². The van der Waals surface area contributed by atoms with E-state index in [9.17, 15) is 4.79 Å². The second kappa shape index (κ2) is 5.99. The van der Waals surface area contributed by atoms with Crippen molar-refractivity contribution >= 4 is 11.6 Å². The smallest absolute Gasteiger partial charge is 0.242 e. The van der Waals surface area contributed by atoms with E-state index in [1.807, 2.05) is 39.9 Å². The highest BCUT2D eigenvalue weighted by atomic mass is 16.2. The Hall–Kier alpha value is -2.30. The van der Waals surface area contributed by atoms with Gasteiger partial charge >= 0.3 is 0 Å². The monoisotopic (exact) mass is 284 g/mol. The number of hydrogen-bond acceptors (Lipinski definition) is 3. The number of anilines is 1. The highest BCUT2D eigenvalue weighted by molar-refractivity contribution is 5.77. The SMILES string of the molecule is Nc1cccc(-c2nccn2CC(=O)N2CCCCC2)c1. The molecule has 1 aliphatic rings. The van der Waals surface area contributed by atoms with Gasteiger partial charge in [-0.1, -0.05) is 12.1 Å². The number of imidazole rings is 1. The number of aromatic nitrogens is 2. The van der Waals surface area contributed by atoms with Crippen LogP contribution in [-0.4, -0.2) is 33.4 Å². The van der Waals surface area contributed by atoms with E-state index >= 15 is 0 Å². The van der Waals surface area contributed by atoms with Crippen molar-refractivity contribution in [3.05, 3.63) is 36.7 Å². The maximum Gasteiger partial charge on any atom is 0.242 e. The topological polar surface area (TPSA) is 64.1 Å². The molecule has 3 rings (SSSR count). The van der Waals surface area contributed by atoms with Crippen LogP contribution in [0.3, 0.4) is 0 Å². The summed E-state index contributed by atoms with van der Waals surface area (Å²) in [6.07, 6.45) is 7.02. The molecule has 2 aromatic rings. The lowest BCUT2D eigenvalue weighted by Gasteiger charge is -2.27. The van der Waals surface area contributed by atoms with Crippen LogP contribution >= 0.6 is 0 Å². The Morgan fingerprint density at radius 2 is 2.05 bits per heavy atom. The number of carbonyl (C=O) groups is 1. The van der Waals surface area contributed by atoms with E-state index in [1.54, 1.807) is 6.20 Å². The average molecular weight is 284 g/mol. The summed E-state index contributed by atoms with van der Waals surface area (Å²) in [7, 11) is 0. The summed E-state index contributed by atoms with van der Waals surface area (Å²) in [6.45, 7) is 2.09. The zero-order valence-electron chi connectivity index (χ0n) is 12.0. The lowest BCUT2D eigenvalue weighted by molar-refractivity contribution is -0.132. The molecule has 0 radical (unpaired) electrons. The molecule has 0 aliphatic carbocycles. The molecule has 2 N–H and O–H groups in total. The van der Waals surface area contributed by atoms with Crippen molar-refractivity contribution in [3.63, 3.8) is 0 Å². The number of hydrogen-bond donors (Lipinski definition) is 1. The number of nitrogens with zero attached hydrogens (tertiary/aromatic N) is 3. The zero-order valence-corrected chi connectivity index (χ0v) is 12.0. The average Bonchev–Trinajstić information content (AvgIpc) is 2.96. The van der Waals surface area contributed by atoms with Gasteiger partial charge in [-0.15, -0.1) is 0 Å². The first-order chi connectivity index (χ1) is 10.2. The summed E-state index contributed by atoms with van der Waals surface area (Å²) >= 11 is 0. The normalized spacial score (nSPS) is 15.1. The number of benzene rings is 1. The van der Waals surface area contributed by atoms with E-state index in [2.05, 4.69) is 4.98 Å². The fourth-order valence-corrected chi connectivity index (χ4v) is 2.76. The zero-order chi connectivity index (χ0) is 14.7. The predicted molar refractivity (Wildman–Crippen MR) is 82.5 cm³/mol. The summed E-state index contributed by atoms with van der Waals surface area (Å²) < 4.78 is 1.89. The Labute approximate surface area is 124 Å². The summed E-state index contributed by atoms with van der Waals surface area (Å²) in [5.41, 5.74) is 7.46. The Bertz CT molecular complexity index is 629. The molecule has 1 aliphatic heterocycles. The highest BCUT2D eigenvalue weighted by Gasteiger charge is 2.18. The fourth-order valence-electron chi connectivity index (χ4n) is 2.76. The number of nitrogen functional groups attached to an aromatic ring is 1. The minimum Gasteiger partial charge on any atom is -0.399 e. The van der Waals surface area contributed by atoms with Crippen LogP contribution in [0.15, 0.2) is 36.7 Å². The van der Waals surface area contributed by atoms with Crippen molar-refractivity contribution in [1.82, 2.24) is 14.5 Å². The first-order valence-corrected chi connectivity index (χ1v) is 7.39. The second-order valence-corrected chi connectivity index (χ2v) is 5.45. The number of piperidine rings is 1. The minimum absolute atomic E-state index is 0.165. The standard InChI is InChI=1S/C16H20N4O/c17-14-6-4-5-13(11-14)16-18-7-10-20(16)12-15(21)19-8-2-1-3-9-19/h4-7,10-11H,1-3,8-9,12,17H2. The molecule has 5 nitrogen and oxygen atoms in total. The number of likely N-dealkylation sites (tertiary alicyclic amines) is 1. The maximum absolute atomic E-state index is 12.4. The minimum atomic E-state index is 0.165. The van der Waals surface area contributed by atoms with Crippen LogP contribution in [0.1, 0.15) is 19.3 Å². The van der Waals surface area contributed by atoms with Gasteiger partial charge in [0.1, 0.15) is 12.4 Å². The van der Waals surface area contributed by atoms with Crippen molar-refractivity contribution in [1.29, 1.82) is 0 Å². The summed E-state index contributed by atoms with van der Waals surface area (Å²) in [5.74, 6) is 0.950. The highest BCUT2D eigenvalue weighted by Crippen LogP contribution is 2.20. The Kier molecular flexibility index (Phi) is 3.90. The molecule has 110 valence electrons. The van der Waals surface area contributed by atoms with Crippen LogP contribution in [0, 0.1) is 0 Å². The lowest BCUT2D eigenvalue weighted by atomic mass is 10.1. The van der Waals surface area contributed by atoms with Gasteiger partial charge in [0.15, 0.2) is 0 Å². The molecular formula is C16H20N4O. The van der Waals surface area contributed by atoms with Crippen molar-refractivity contribution in [3.8, 4) is 11.4 Å². The second-order valence-electron chi connectivity index (χ2n) is 5.45. The van der Waals surface area contributed by atoms with Gasteiger partial charge in [0, 0.05) is 36.7 Å². The van der Waals surface area contributed by atoms with Crippen LogP contribution in [0.4, 0.5) is 5.69 Å². The predicted octanol–water partition coefficient (Wildman–Crippen LogP) is 2.14. The first kappa shape index (κ1) is 13.7. The van der Waals surface area contributed by atoms with Crippen LogP contribution in [0.5, 0.6) is 0 Å². The molecule has 0 bridgehead atoms. The largest absolute Gasteiger partial charge is 0.399 e. The molecule has 2 heterocycles. The van der Waals surface area contributed by atoms with Gasteiger partial charge < -0.3 is 15.2 Å². The third-order valence-electron chi connectivity index (χ3n) is 3.87. The first-order valence-electron chi connectivity index (χ1n) is 7.39. The summed E-state index contributed by atoms with van der Waals surface area (Å²) in [6, 6.07) is 7.58. The third-order valence-corrected chi connectivity index (χ3v) is 3.87. The molecule has 1 saturated heterocycles. The van der Waals surface area contributed by atoms with Crippen molar-refractivity contribution in [2.24, 2.45) is 0 Å². The van der Waals surface area contributed by atoms with Gasteiger partial charge in [0.05, 0.1) is 0 Å². The quantitative estimate of drug-likeness (QED) is 0.878. The van der Waals surface area contributed by atoms with E-state index in [-0.39, 0.29) is 5.91 Å². The van der Waals surface area contributed by atoms with Gasteiger partial charge in [0.2, 0.25) is 5.91 Å². The van der Waals surface area contributed by atoms with E-state index in [4.69, 9.17) is 5.73 Å². The molecule has 1 aromatic heterocycles. The van der Waals surface area contributed by atoms with E-state index < -0.39 is 0 Å². The number of carbonyl (C=O) groups excluding carboxylic acids is 1. The summed E-state index contributed by atoms with van der Waals surface area (Å²) in [5, 5.41) is 0. The van der Waals surface area contributed by atoms with Gasteiger partial charge in [-0.25, -0.2) is 4.98 Å². The van der Waals surface area contributed by atoms with Gasteiger partial charge in [0.25, 0.3) is 0 Å². The Morgan fingerprint density at radius 3 is 2.81 bits per heavy atom. The van der Waals surface area contributed by atoms with Gasteiger partial charge in [-0.2, -0.15) is 0 Å². The van der Waals surface area contributed by atoms with E-state index in [1.165, 1.54) is 6.42 Å². The maximum atomic E-state index is 12.4. The Morgan fingerprint density at radius 1 is 1.24 bits per heavy atom. The molecule has 1 amide bonds. The molecule has 21 heavy (non-hydrogen) atoms. The number of amides is 1. The van der Waals surface area contributed by atoms with Crippen LogP contribution in [-0.2, 0) is 11.3 Å².